The summed E-state index contributed by atoms with van der Waals surface area (Å²) in [6, 6.07) is 0. The van der Waals surface area contributed by atoms with Gasteiger partial charge in [-0.15, -0.1) is 0 Å². The van der Waals surface area contributed by atoms with Gasteiger partial charge in [-0.05, 0) is 39.7 Å². The fraction of sp³-hybridized carbons (Fsp3) is 0.846. The van der Waals surface area contributed by atoms with Crippen molar-refractivity contribution in [3.05, 3.63) is 0 Å². The monoisotopic (exact) mass is 255 g/mol. The van der Waals surface area contributed by atoms with Gasteiger partial charge >= 0.3 is 0 Å². The van der Waals surface area contributed by atoms with E-state index >= 15 is 0 Å². The predicted octanol–water partition coefficient (Wildman–Crippen LogP) is 0.263. The molecule has 18 heavy (non-hydrogen) atoms. The molecule has 5 nitrogen and oxygen atoms in total. The van der Waals surface area contributed by atoms with Crippen LogP contribution in [0.1, 0.15) is 34.1 Å². The van der Waals surface area contributed by atoms with Gasteiger partial charge < -0.3 is 16.0 Å². The van der Waals surface area contributed by atoms with Crippen molar-refractivity contribution in [3.8, 4) is 0 Å². The Bertz CT molecular complexity index is 310. The number of carbonyl (C=O) groups excluding carboxylic acids is 2. The van der Waals surface area contributed by atoms with Crippen molar-refractivity contribution in [1.82, 2.24) is 16.0 Å². The van der Waals surface area contributed by atoms with E-state index in [4.69, 9.17) is 0 Å². The highest BCUT2D eigenvalue weighted by atomic mass is 16.2. The maximum absolute atomic E-state index is 11.9. The average Bonchev–Trinajstić information content (AvgIpc) is 2.23. The zero-order valence-corrected chi connectivity index (χ0v) is 11.8. The number of nitrogens with one attached hydrogen (secondary N) is 3. The molecule has 0 saturated carbocycles. The van der Waals surface area contributed by atoms with E-state index in [9.17, 15) is 9.59 Å². The number of carbonyl (C=O) groups is 2. The van der Waals surface area contributed by atoms with Gasteiger partial charge in [0.2, 0.25) is 11.8 Å². The van der Waals surface area contributed by atoms with Crippen molar-refractivity contribution in [2.24, 2.45) is 11.8 Å². The van der Waals surface area contributed by atoms with Crippen LogP contribution in [0.3, 0.4) is 0 Å². The van der Waals surface area contributed by atoms with Gasteiger partial charge in [-0.1, -0.05) is 6.92 Å². The molecule has 3 N–H and O–H groups in total. The molecule has 0 bridgehead atoms. The van der Waals surface area contributed by atoms with Gasteiger partial charge in [0.25, 0.3) is 0 Å². The third-order valence-electron chi connectivity index (χ3n) is 2.88. The van der Waals surface area contributed by atoms with E-state index in [0.29, 0.717) is 12.5 Å². The normalized spacial score (nSPS) is 24.4. The quantitative estimate of drug-likeness (QED) is 0.677. The van der Waals surface area contributed by atoms with Crippen molar-refractivity contribution in [1.29, 1.82) is 0 Å². The number of amides is 2. The van der Waals surface area contributed by atoms with Crippen LogP contribution in [0.25, 0.3) is 0 Å². The van der Waals surface area contributed by atoms with E-state index in [1.807, 2.05) is 20.8 Å². The molecule has 1 aliphatic rings. The molecule has 104 valence electrons. The average molecular weight is 255 g/mol. The van der Waals surface area contributed by atoms with Crippen LogP contribution in [0, 0.1) is 11.8 Å². The van der Waals surface area contributed by atoms with Gasteiger partial charge in [0.05, 0.1) is 12.5 Å². The lowest BCUT2D eigenvalue weighted by atomic mass is 9.91. The maximum atomic E-state index is 11.9. The fourth-order valence-corrected chi connectivity index (χ4v) is 2.13. The second kappa shape index (κ2) is 6.18. The number of hydrogen-bond acceptors (Lipinski definition) is 3. The maximum Gasteiger partial charge on any atom is 0.239 e. The number of piperidine rings is 1. The molecule has 2 amide bonds. The van der Waals surface area contributed by atoms with Gasteiger partial charge in [-0.2, -0.15) is 0 Å². The summed E-state index contributed by atoms with van der Waals surface area (Å²) in [5, 5.41) is 8.75. The van der Waals surface area contributed by atoms with Gasteiger partial charge in [0, 0.05) is 12.1 Å². The summed E-state index contributed by atoms with van der Waals surface area (Å²) in [6.45, 7) is 9.60. The summed E-state index contributed by atoms with van der Waals surface area (Å²) in [5.41, 5.74) is -0.261. The fourth-order valence-electron chi connectivity index (χ4n) is 2.13. The van der Waals surface area contributed by atoms with Crippen LogP contribution in [-0.4, -0.2) is 37.0 Å². The lowest BCUT2D eigenvalue weighted by molar-refractivity contribution is -0.129. The molecule has 0 aromatic heterocycles. The first kappa shape index (κ1) is 15.0. The Labute approximate surface area is 109 Å². The molecule has 1 aliphatic heterocycles. The molecule has 0 aliphatic carbocycles. The molecule has 1 fully saturated rings. The van der Waals surface area contributed by atoms with Gasteiger partial charge in [-0.3, -0.25) is 9.59 Å². The van der Waals surface area contributed by atoms with E-state index in [1.165, 1.54) is 0 Å². The highest BCUT2D eigenvalue weighted by Crippen LogP contribution is 2.15. The Balaban J connectivity index is 2.30. The van der Waals surface area contributed by atoms with Crippen molar-refractivity contribution < 1.29 is 9.59 Å². The van der Waals surface area contributed by atoms with Gasteiger partial charge in [0.15, 0.2) is 0 Å². The smallest absolute Gasteiger partial charge is 0.239 e. The number of hydrogen-bond donors (Lipinski definition) is 3. The topological polar surface area (TPSA) is 70.2 Å². The van der Waals surface area contributed by atoms with E-state index in [1.54, 1.807) is 0 Å². The van der Waals surface area contributed by atoms with Crippen LogP contribution in [0.15, 0.2) is 0 Å². The Kier molecular flexibility index (Phi) is 5.14. The Hall–Kier alpha value is -1.10. The zero-order chi connectivity index (χ0) is 13.8. The summed E-state index contributed by atoms with van der Waals surface area (Å²) >= 11 is 0. The molecule has 0 spiro atoms. The Morgan fingerprint density at radius 1 is 1.28 bits per heavy atom. The first-order valence-electron chi connectivity index (χ1n) is 6.57. The van der Waals surface area contributed by atoms with E-state index in [2.05, 4.69) is 22.9 Å². The SMILES string of the molecule is CC1CNCC(C(=O)NCC(=O)NC(C)(C)C)C1. The lowest BCUT2D eigenvalue weighted by Gasteiger charge is -2.27. The van der Waals surface area contributed by atoms with Crippen molar-refractivity contribution in [2.45, 2.75) is 39.7 Å². The predicted molar refractivity (Wildman–Crippen MR) is 71.0 cm³/mol. The zero-order valence-electron chi connectivity index (χ0n) is 11.8. The summed E-state index contributed by atoms with van der Waals surface area (Å²) in [7, 11) is 0. The van der Waals surface area contributed by atoms with Crippen LogP contribution >= 0.6 is 0 Å². The summed E-state index contributed by atoms with van der Waals surface area (Å²) < 4.78 is 0. The van der Waals surface area contributed by atoms with Crippen LogP contribution < -0.4 is 16.0 Å². The van der Waals surface area contributed by atoms with Crippen LogP contribution in [0.2, 0.25) is 0 Å². The van der Waals surface area contributed by atoms with Crippen LogP contribution in [-0.2, 0) is 9.59 Å². The van der Waals surface area contributed by atoms with Crippen LogP contribution in [0.4, 0.5) is 0 Å². The van der Waals surface area contributed by atoms with Crippen LogP contribution in [0.5, 0.6) is 0 Å². The molecule has 1 saturated heterocycles. The highest BCUT2D eigenvalue weighted by molar-refractivity contribution is 5.86. The molecular weight excluding hydrogens is 230 g/mol. The van der Waals surface area contributed by atoms with E-state index < -0.39 is 0 Å². The lowest BCUT2D eigenvalue weighted by Crippen LogP contribution is -2.48. The summed E-state index contributed by atoms with van der Waals surface area (Å²) in [5.74, 6) is 0.319. The minimum absolute atomic E-state index is 0.0174. The minimum Gasteiger partial charge on any atom is -0.350 e. The Morgan fingerprint density at radius 2 is 1.94 bits per heavy atom. The second-order valence-electron chi connectivity index (χ2n) is 6.21. The van der Waals surface area contributed by atoms with Crippen molar-refractivity contribution >= 4 is 11.8 Å². The molecule has 2 unspecified atom stereocenters. The minimum atomic E-state index is -0.261. The highest BCUT2D eigenvalue weighted by Gasteiger charge is 2.25. The first-order chi connectivity index (χ1) is 8.28. The molecular formula is C13H25N3O2. The van der Waals surface area contributed by atoms with Gasteiger partial charge in [-0.25, -0.2) is 0 Å². The second-order valence-corrected chi connectivity index (χ2v) is 6.21. The molecule has 2 atom stereocenters. The summed E-state index contributed by atoms with van der Waals surface area (Å²) in [6.07, 6.45) is 0.889. The third-order valence-corrected chi connectivity index (χ3v) is 2.88. The van der Waals surface area contributed by atoms with Gasteiger partial charge in [0.1, 0.15) is 0 Å². The number of rotatable bonds is 3. The molecule has 0 aromatic carbocycles. The molecule has 5 heteroatoms. The van der Waals surface area contributed by atoms with Crippen molar-refractivity contribution in [2.75, 3.05) is 19.6 Å². The molecule has 0 aromatic rings. The summed E-state index contributed by atoms with van der Waals surface area (Å²) in [4.78, 5) is 23.5. The molecule has 1 heterocycles. The molecule has 0 radical (unpaired) electrons. The van der Waals surface area contributed by atoms with E-state index in [-0.39, 0.29) is 29.8 Å². The van der Waals surface area contributed by atoms with Crippen molar-refractivity contribution in [3.63, 3.8) is 0 Å². The molecule has 1 rings (SSSR count). The first-order valence-corrected chi connectivity index (χ1v) is 6.57. The third kappa shape index (κ3) is 5.49. The van der Waals surface area contributed by atoms with E-state index in [0.717, 1.165) is 13.0 Å². The standard InChI is InChI=1S/C13H25N3O2/c1-9-5-10(7-14-6-9)12(18)15-8-11(17)16-13(2,3)4/h9-10,14H,5-8H2,1-4H3,(H,15,18)(H,16,17). The Morgan fingerprint density at radius 3 is 2.50 bits per heavy atom. The largest absolute Gasteiger partial charge is 0.350 e.